The van der Waals surface area contributed by atoms with Crippen LogP contribution in [0.1, 0.15) is 15.9 Å². The molecule has 2 aromatic carbocycles. The number of fused-ring (bicyclic) bond motifs is 1. The number of carbonyl (C=O) groups excluding carboxylic acids is 1. The van der Waals surface area contributed by atoms with Crippen LogP contribution in [0.3, 0.4) is 0 Å². The van der Waals surface area contributed by atoms with Gasteiger partial charge in [0.05, 0.1) is 16.8 Å². The minimum atomic E-state index is -4.51. The summed E-state index contributed by atoms with van der Waals surface area (Å²) < 4.78 is 51.8. The van der Waals surface area contributed by atoms with Crippen molar-refractivity contribution in [2.24, 2.45) is 0 Å². The van der Waals surface area contributed by atoms with Crippen LogP contribution >= 0.6 is 0 Å². The van der Waals surface area contributed by atoms with Crippen molar-refractivity contribution in [2.75, 3.05) is 5.32 Å². The van der Waals surface area contributed by atoms with Gasteiger partial charge in [0.15, 0.2) is 0 Å². The van der Waals surface area contributed by atoms with Crippen molar-refractivity contribution in [3.05, 3.63) is 71.7 Å². The highest BCUT2D eigenvalue weighted by molar-refractivity contribution is 6.08. The summed E-state index contributed by atoms with van der Waals surface area (Å²) in [5, 5.41) is 2.64. The first kappa shape index (κ1) is 15.9. The van der Waals surface area contributed by atoms with Gasteiger partial charge in [0.25, 0.3) is 5.91 Å². The van der Waals surface area contributed by atoms with Crippen molar-refractivity contribution < 1.29 is 22.4 Å². The fourth-order valence-corrected chi connectivity index (χ4v) is 2.26. The van der Waals surface area contributed by atoms with Gasteiger partial charge >= 0.3 is 6.18 Å². The van der Waals surface area contributed by atoms with E-state index in [2.05, 4.69) is 10.3 Å². The lowest BCUT2D eigenvalue weighted by Gasteiger charge is -2.11. The standard InChI is InChI=1S/C17H10F4N2O/c18-12-3-1-2-10(8-12)16(24)23-15-6-7-22-14-5-4-11(9-13(14)15)17(19,20)21/h1-9H,(H,22,23,24). The third-order valence-corrected chi connectivity index (χ3v) is 3.40. The Morgan fingerprint density at radius 2 is 1.83 bits per heavy atom. The summed E-state index contributed by atoms with van der Waals surface area (Å²) >= 11 is 0. The van der Waals surface area contributed by atoms with Gasteiger partial charge in [0, 0.05) is 17.1 Å². The lowest BCUT2D eigenvalue weighted by Crippen LogP contribution is -2.13. The number of amides is 1. The highest BCUT2D eigenvalue weighted by atomic mass is 19.4. The summed E-state index contributed by atoms with van der Waals surface area (Å²) in [6.07, 6.45) is -3.13. The Morgan fingerprint density at radius 1 is 1.04 bits per heavy atom. The van der Waals surface area contributed by atoms with Gasteiger partial charge < -0.3 is 5.32 Å². The van der Waals surface area contributed by atoms with Gasteiger partial charge in [-0.05, 0) is 42.5 Å². The van der Waals surface area contributed by atoms with Gasteiger partial charge in [-0.2, -0.15) is 13.2 Å². The van der Waals surface area contributed by atoms with Crippen LogP contribution in [0, 0.1) is 5.82 Å². The summed E-state index contributed by atoms with van der Waals surface area (Å²) in [4.78, 5) is 16.2. The van der Waals surface area contributed by atoms with Crippen molar-refractivity contribution in [1.82, 2.24) is 4.98 Å². The topological polar surface area (TPSA) is 42.0 Å². The fourth-order valence-electron chi connectivity index (χ4n) is 2.26. The van der Waals surface area contributed by atoms with Crippen LogP contribution < -0.4 is 5.32 Å². The SMILES string of the molecule is O=C(Nc1ccnc2ccc(C(F)(F)F)cc12)c1cccc(F)c1. The largest absolute Gasteiger partial charge is 0.416 e. The molecule has 0 bridgehead atoms. The lowest BCUT2D eigenvalue weighted by atomic mass is 10.1. The Morgan fingerprint density at radius 3 is 2.54 bits per heavy atom. The van der Waals surface area contributed by atoms with Crippen LogP contribution in [0.15, 0.2) is 54.7 Å². The molecule has 0 aliphatic heterocycles. The van der Waals surface area contributed by atoms with Crippen molar-refractivity contribution >= 4 is 22.5 Å². The Labute approximate surface area is 133 Å². The zero-order valence-electron chi connectivity index (χ0n) is 12.1. The van der Waals surface area contributed by atoms with Crippen LogP contribution in [0.5, 0.6) is 0 Å². The maximum absolute atomic E-state index is 13.2. The zero-order valence-corrected chi connectivity index (χ0v) is 12.1. The van der Waals surface area contributed by atoms with Crippen LogP contribution in [0.4, 0.5) is 23.2 Å². The molecular weight excluding hydrogens is 324 g/mol. The number of hydrogen-bond acceptors (Lipinski definition) is 2. The number of hydrogen-bond donors (Lipinski definition) is 1. The minimum Gasteiger partial charge on any atom is -0.321 e. The van der Waals surface area contributed by atoms with Crippen LogP contribution in [-0.4, -0.2) is 10.9 Å². The van der Waals surface area contributed by atoms with Crippen LogP contribution in [-0.2, 0) is 6.18 Å². The van der Waals surface area contributed by atoms with E-state index in [1.807, 2.05) is 0 Å². The molecule has 0 aliphatic carbocycles. The third kappa shape index (κ3) is 3.19. The van der Waals surface area contributed by atoms with E-state index < -0.39 is 23.5 Å². The average molecular weight is 334 g/mol. The van der Waals surface area contributed by atoms with E-state index in [4.69, 9.17) is 0 Å². The van der Waals surface area contributed by atoms with Crippen molar-refractivity contribution in [1.29, 1.82) is 0 Å². The minimum absolute atomic E-state index is 0.0620. The van der Waals surface area contributed by atoms with Crippen molar-refractivity contribution in [3.63, 3.8) is 0 Å². The summed E-state index contributed by atoms with van der Waals surface area (Å²) in [5.41, 5.74) is -0.309. The van der Waals surface area contributed by atoms with Gasteiger partial charge in [-0.3, -0.25) is 9.78 Å². The number of anilines is 1. The molecule has 0 saturated heterocycles. The maximum Gasteiger partial charge on any atom is 0.416 e. The first-order valence-electron chi connectivity index (χ1n) is 6.87. The predicted molar refractivity (Wildman–Crippen MR) is 81.1 cm³/mol. The Hall–Kier alpha value is -2.96. The molecule has 1 N–H and O–H groups in total. The molecule has 0 spiro atoms. The molecule has 1 heterocycles. The predicted octanol–water partition coefficient (Wildman–Crippen LogP) is 4.65. The summed E-state index contributed by atoms with van der Waals surface area (Å²) in [6.45, 7) is 0. The van der Waals surface area contributed by atoms with Gasteiger partial charge in [-0.25, -0.2) is 4.39 Å². The van der Waals surface area contributed by atoms with E-state index in [9.17, 15) is 22.4 Å². The Bertz CT molecular complexity index is 922. The normalized spacial score (nSPS) is 11.5. The Kier molecular flexibility index (Phi) is 3.92. The number of nitrogens with one attached hydrogen (secondary N) is 1. The second kappa shape index (κ2) is 5.92. The molecule has 0 fully saturated rings. The zero-order chi connectivity index (χ0) is 17.3. The summed E-state index contributed by atoms with van der Waals surface area (Å²) in [7, 11) is 0. The second-order valence-corrected chi connectivity index (χ2v) is 5.05. The molecule has 3 aromatic rings. The molecule has 3 nitrogen and oxygen atoms in total. The van der Waals surface area contributed by atoms with E-state index in [0.29, 0.717) is 5.52 Å². The molecule has 122 valence electrons. The van der Waals surface area contributed by atoms with Crippen molar-refractivity contribution in [3.8, 4) is 0 Å². The average Bonchev–Trinajstić information content (AvgIpc) is 2.54. The highest BCUT2D eigenvalue weighted by Crippen LogP contribution is 2.33. The maximum atomic E-state index is 13.2. The van der Waals surface area contributed by atoms with E-state index in [1.54, 1.807) is 0 Å². The molecule has 0 radical (unpaired) electrons. The molecular formula is C17H10F4N2O. The van der Waals surface area contributed by atoms with Crippen LogP contribution in [0.25, 0.3) is 10.9 Å². The summed E-state index contributed by atoms with van der Waals surface area (Å²) in [6, 6.07) is 9.47. The molecule has 0 atom stereocenters. The van der Waals surface area contributed by atoms with E-state index >= 15 is 0 Å². The number of alkyl halides is 3. The molecule has 0 saturated carbocycles. The van der Waals surface area contributed by atoms with Gasteiger partial charge in [-0.15, -0.1) is 0 Å². The number of rotatable bonds is 2. The number of pyridine rings is 1. The number of aromatic nitrogens is 1. The quantitative estimate of drug-likeness (QED) is 0.694. The first-order chi connectivity index (χ1) is 11.3. The molecule has 24 heavy (non-hydrogen) atoms. The number of carbonyl (C=O) groups is 1. The number of nitrogens with zero attached hydrogens (tertiary/aromatic N) is 1. The number of halogens is 4. The van der Waals surface area contributed by atoms with Crippen molar-refractivity contribution in [2.45, 2.75) is 6.18 Å². The molecule has 7 heteroatoms. The molecule has 0 unspecified atom stereocenters. The monoisotopic (exact) mass is 334 g/mol. The van der Waals surface area contributed by atoms with Gasteiger partial charge in [0.1, 0.15) is 5.82 Å². The Balaban J connectivity index is 2.01. The summed E-state index contributed by atoms with van der Waals surface area (Å²) in [5.74, 6) is -1.21. The van der Waals surface area contributed by atoms with E-state index in [-0.39, 0.29) is 16.6 Å². The van der Waals surface area contributed by atoms with Crippen LogP contribution in [0.2, 0.25) is 0 Å². The molecule has 0 aliphatic rings. The first-order valence-corrected chi connectivity index (χ1v) is 6.87. The second-order valence-electron chi connectivity index (χ2n) is 5.05. The molecule has 3 rings (SSSR count). The van der Waals surface area contributed by atoms with E-state index in [1.165, 1.54) is 36.5 Å². The third-order valence-electron chi connectivity index (χ3n) is 3.40. The lowest BCUT2D eigenvalue weighted by molar-refractivity contribution is -0.137. The van der Waals surface area contributed by atoms with Gasteiger partial charge in [-0.1, -0.05) is 6.07 Å². The smallest absolute Gasteiger partial charge is 0.321 e. The highest BCUT2D eigenvalue weighted by Gasteiger charge is 2.30. The van der Waals surface area contributed by atoms with Gasteiger partial charge in [0.2, 0.25) is 0 Å². The molecule has 1 aromatic heterocycles. The molecule has 1 amide bonds. The van der Waals surface area contributed by atoms with E-state index in [0.717, 1.165) is 18.2 Å². The fraction of sp³-hybridized carbons (Fsp3) is 0.0588. The number of benzene rings is 2.